The molecule has 0 amide bonds. The second-order valence-electron chi connectivity index (χ2n) is 7.22. The Morgan fingerprint density at radius 1 is 1.19 bits per heavy atom. The second-order valence-corrected chi connectivity index (χ2v) is 7.22. The topological polar surface area (TPSA) is 34.4 Å². The maximum atomic E-state index is 13.5. The fourth-order valence-corrected chi connectivity index (χ4v) is 3.94. The van der Waals surface area contributed by atoms with Crippen molar-refractivity contribution in [2.45, 2.75) is 45.4 Å². The predicted molar refractivity (Wildman–Crippen MR) is 102 cm³/mol. The Hall–Kier alpha value is -2.49. The van der Waals surface area contributed by atoms with Crippen LogP contribution in [-0.2, 0) is 12.8 Å². The summed E-state index contributed by atoms with van der Waals surface area (Å²) in [7, 11) is 0. The average Bonchev–Trinajstić information content (AvgIpc) is 2.63. The van der Waals surface area contributed by atoms with E-state index in [1.165, 1.54) is 25.0 Å². The highest BCUT2D eigenvalue weighted by Crippen LogP contribution is 2.25. The third-order valence-corrected chi connectivity index (χ3v) is 5.51. The number of aromatic nitrogens is 2. The van der Waals surface area contributed by atoms with E-state index in [0.717, 1.165) is 48.1 Å². The highest BCUT2D eigenvalue weighted by molar-refractivity contribution is 5.67. The molecule has 1 aliphatic carbocycles. The Labute approximate surface area is 152 Å². The molecule has 0 spiro atoms. The van der Waals surface area contributed by atoms with Crippen LogP contribution in [0.1, 0.15) is 43.9 Å². The summed E-state index contributed by atoms with van der Waals surface area (Å²) in [5, 5.41) is 0. The van der Waals surface area contributed by atoms with Gasteiger partial charge in [0.15, 0.2) is 0 Å². The van der Waals surface area contributed by atoms with Gasteiger partial charge in [0.2, 0.25) is 0 Å². The summed E-state index contributed by atoms with van der Waals surface area (Å²) in [4.78, 5) is 17.9. The summed E-state index contributed by atoms with van der Waals surface area (Å²) in [5.74, 6) is 0.296. The Morgan fingerprint density at radius 2 is 2.04 bits per heavy atom. The van der Waals surface area contributed by atoms with Crippen molar-refractivity contribution in [3.63, 3.8) is 0 Å². The molecule has 3 aromatic rings. The van der Waals surface area contributed by atoms with E-state index in [4.69, 9.17) is 4.98 Å². The molecule has 4 rings (SSSR count). The monoisotopic (exact) mass is 350 g/mol. The Balaban J connectivity index is 1.85. The van der Waals surface area contributed by atoms with Gasteiger partial charge >= 0.3 is 0 Å². The SMILES string of the molecule is CCC1CCCCc2nc3cc(-c4cccc(F)c4)ccn3c(=O)c2C1. The summed E-state index contributed by atoms with van der Waals surface area (Å²) >= 11 is 0. The summed E-state index contributed by atoms with van der Waals surface area (Å²) < 4.78 is 15.2. The van der Waals surface area contributed by atoms with Crippen LogP contribution in [0.15, 0.2) is 47.4 Å². The van der Waals surface area contributed by atoms with Crippen molar-refractivity contribution in [3.8, 4) is 11.1 Å². The summed E-state index contributed by atoms with van der Waals surface area (Å²) in [6.07, 6.45) is 8.02. The van der Waals surface area contributed by atoms with Crippen LogP contribution >= 0.6 is 0 Å². The van der Waals surface area contributed by atoms with Crippen LogP contribution in [0.3, 0.4) is 0 Å². The highest BCUT2D eigenvalue weighted by atomic mass is 19.1. The van der Waals surface area contributed by atoms with Gasteiger partial charge in [-0.1, -0.05) is 38.3 Å². The van der Waals surface area contributed by atoms with E-state index in [0.29, 0.717) is 11.6 Å². The van der Waals surface area contributed by atoms with Crippen LogP contribution < -0.4 is 5.56 Å². The van der Waals surface area contributed by atoms with E-state index in [1.54, 1.807) is 16.7 Å². The van der Waals surface area contributed by atoms with E-state index < -0.39 is 0 Å². The molecule has 0 radical (unpaired) electrons. The van der Waals surface area contributed by atoms with E-state index in [9.17, 15) is 9.18 Å². The minimum atomic E-state index is -0.267. The van der Waals surface area contributed by atoms with Crippen molar-refractivity contribution in [2.75, 3.05) is 0 Å². The van der Waals surface area contributed by atoms with Gasteiger partial charge in [-0.15, -0.1) is 0 Å². The molecule has 0 N–H and O–H groups in total. The molecule has 2 aromatic heterocycles. The number of rotatable bonds is 2. The molecular formula is C22H23FN2O. The maximum Gasteiger partial charge on any atom is 0.261 e. The minimum absolute atomic E-state index is 0.0520. The van der Waals surface area contributed by atoms with Gasteiger partial charge in [-0.05, 0) is 60.6 Å². The molecule has 134 valence electrons. The molecule has 0 saturated heterocycles. The van der Waals surface area contributed by atoms with E-state index in [-0.39, 0.29) is 11.4 Å². The molecule has 0 fully saturated rings. The quantitative estimate of drug-likeness (QED) is 0.665. The number of fused-ring (bicyclic) bond motifs is 2. The number of hydrogen-bond acceptors (Lipinski definition) is 2. The second kappa shape index (κ2) is 7.02. The number of aryl methyl sites for hydroxylation is 1. The lowest BCUT2D eigenvalue weighted by molar-refractivity contribution is 0.428. The molecule has 0 bridgehead atoms. The van der Waals surface area contributed by atoms with Crippen molar-refractivity contribution in [1.82, 2.24) is 9.38 Å². The molecule has 0 aliphatic heterocycles. The standard InChI is InChI=1S/C22H23FN2O/c1-2-15-6-3-4-9-20-19(12-15)22(26)25-11-10-17(14-21(25)24-20)16-7-5-8-18(23)13-16/h5,7-8,10-11,13-15H,2-4,6,9,12H2,1H3. The lowest BCUT2D eigenvalue weighted by atomic mass is 9.88. The fraction of sp³-hybridized carbons (Fsp3) is 0.364. The van der Waals surface area contributed by atoms with Crippen LogP contribution in [0.4, 0.5) is 4.39 Å². The highest BCUT2D eigenvalue weighted by Gasteiger charge is 2.19. The first-order valence-electron chi connectivity index (χ1n) is 9.46. The zero-order valence-corrected chi connectivity index (χ0v) is 15.0. The van der Waals surface area contributed by atoms with Crippen LogP contribution in [0.5, 0.6) is 0 Å². The first-order chi connectivity index (χ1) is 12.7. The lowest BCUT2D eigenvalue weighted by Gasteiger charge is -2.20. The van der Waals surface area contributed by atoms with E-state index in [1.807, 2.05) is 18.2 Å². The zero-order valence-electron chi connectivity index (χ0n) is 15.0. The molecule has 3 nitrogen and oxygen atoms in total. The van der Waals surface area contributed by atoms with Gasteiger partial charge in [-0.25, -0.2) is 9.37 Å². The molecule has 1 aliphatic rings. The van der Waals surface area contributed by atoms with Gasteiger partial charge in [0, 0.05) is 11.8 Å². The van der Waals surface area contributed by atoms with Crippen LogP contribution in [0.25, 0.3) is 16.8 Å². The smallest absolute Gasteiger partial charge is 0.261 e. The molecule has 26 heavy (non-hydrogen) atoms. The molecular weight excluding hydrogens is 327 g/mol. The Bertz CT molecular complexity index is 1010. The largest absolute Gasteiger partial charge is 0.269 e. The molecule has 2 heterocycles. The first kappa shape index (κ1) is 17.0. The minimum Gasteiger partial charge on any atom is -0.269 e. The van der Waals surface area contributed by atoms with Gasteiger partial charge < -0.3 is 0 Å². The van der Waals surface area contributed by atoms with Crippen LogP contribution in [-0.4, -0.2) is 9.38 Å². The first-order valence-corrected chi connectivity index (χ1v) is 9.46. The van der Waals surface area contributed by atoms with Gasteiger partial charge in [0.25, 0.3) is 5.56 Å². The Morgan fingerprint density at radius 3 is 2.85 bits per heavy atom. The van der Waals surface area contributed by atoms with Crippen molar-refractivity contribution in [2.24, 2.45) is 5.92 Å². The van der Waals surface area contributed by atoms with Gasteiger partial charge in [-0.3, -0.25) is 9.20 Å². The van der Waals surface area contributed by atoms with Gasteiger partial charge in [0.1, 0.15) is 11.5 Å². The average molecular weight is 350 g/mol. The molecule has 0 saturated carbocycles. The summed E-state index contributed by atoms with van der Waals surface area (Å²) in [5.41, 5.74) is 4.19. The van der Waals surface area contributed by atoms with E-state index in [2.05, 4.69) is 6.92 Å². The van der Waals surface area contributed by atoms with Gasteiger partial charge in [0.05, 0.1) is 5.69 Å². The van der Waals surface area contributed by atoms with Gasteiger partial charge in [-0.2, -0.15) is 0 Å². The van der Waals surface area contributed by atoms with Crippen molar-refractivity contribution < 1.29 is 4.39 Å². The lowest BCUT2D eigenvalue weighted by Crippen LogP contribution is -2.25. The number of pyridine rings is 1. The number of nitrogens with zero attached hydrogens (tertiary/aromatic N) is 2. The zero-order chi connectivity index (χ0) is 18.1. The molecule has 1 aromatic carbocycles. The van der Waals surface area contributed by atoms with Crippen LogP contribution in [0.2, 0.25) is 0 Å². The van der Waals surface area contributed by atoms with Crippen molar-refractivity contribution in [3.05, 3.63) is 70.0 Å². The van der Waals surface area contributed by atoms with Crippen molar-refractivity contribution >= 4 is 5.65 Å². The molecule has 4 heteroatoms. The third kappa shape index (κ3) is 3.16. The summed E-state index contributed by atoms with van der Waals surface area (Å²) in [6.45, 7) is 2.20. The normalized spacial score (nSPS) is 17.5. The molecule has 1 unspecified atom stereocenters. The number of benzene rings is 1. The molecule has 1 atom stereocenters. The fourth-order valence-electron chi connectivity index (χ4n) is 3.94. The maximum absolute atomic E-state index is 13.5. The predicted octanol–water partition coefficient (Wildman–Crippen LogP) is 4.80. The summed E-state index contributed by atoms with van der Waals surface area (Å²) in [6, 6.07) is 10.2. The third-order valence-electron chi connectivity index (χ3n) is 5.51. The van der Waals surface area contributed by atoms with E-state index >= 15 is 0 Å². The van der Waals surface area contributed by atoms with Crippen molar-refractivity contribution in [1.29, 1.82) is 0 Å². The van der Waals surface area contributed by atoms with Crippen LogP contribution in [0, 0.1) is 11.7 Å². The number of halogens is 1. The Kier molecular flexibility index (Phi) is 4.58. The number of hydrogen-bond donors (Lipinski definition) is 0.